The van der Waals surface area contributed by atoms with E-state index in [-0.39, 0.29) is 24.9 Å². The molecule has 0 aliphatic rings. The van der Waals surface area contributed by atoms with Crippen molar-refractivity contribution >= 4 is 16.8 Å². The van der Waals surface area contributed by atoms with Crippen LogP contribution >= 0.6 is 0 Å². The van der Waals surface area contributed by atoms with Crippen molar-refractivity contribution < 1.29 is 19.0 Å². The van der Waals surface area contributed by atoms with Crippen molar-refractivity contribution in [1.82, 2.24) is 10.3 Å². The minimum absolute atomic E-state index is 0.00121. The lowest BCUT2D eigenvalue weighted by atomic mass is 10.1. The second-order valence-electron chi connectivity index (χ2n) is 5.80. The molecule has 3 N–H and O–H groups in total. The molecule has 3 rings (SSSR count). The Bertz CT molecular complexity index is 874. The minimum atomic E-state index is -0.875. The molecule has 0 bridgehead atoms. The highest BCUT2D eigenvalue weighted by molar-refractivity contribution is 6.08. The first-order valence-corrected chi connectivity index (χ1v) is 7.96. The van der Waals surface area contributed by atoms with E-state index in [1.54, 1.807) is 0 Å². The molecule has 130 valence electrons. The zero-order chi connectivity index (χ0) is 17.8. The van der Waals surface area contributed by atoms with E-state index >= 15 is 0 Å². The molecule has 1 aromatic heterocycles. The van der Waals surface area contributed by atoms with Crippen LogP contribution in [0.3, 0.4) is 0 Å². The zero-order valence-corrected chi connectivity index (χ0v) is 13.8. The smallest absolute Gasteiger partial charge is 0.253 e. The van der Waals surface area contributed by atoms with Crippen LogP contribution in [0.15, 0.2) is 48.5 Å². The number of halogens is 1. The first-order chi connectivity index (χ1) is 12.0. The van der Waals surface area contributed by atoms with E-state index in [2.05, 4.69) is 10.3 Å². The van der Waals surface area contributed by atoms with E-state index in [0.29, 0.717) is 11.3 Å². The summed E-state index contributed by atoms with van der Waals surface area (Å²) >= 11 is 0. The molecule has 1 unspecified atom stereocenters. The lowest BCUT2D eigenvalue weighted by Gasteiger charge is -2.13. The fraction of sp³-hybridized carbons (Fsp3) is 0.211. The van der Waals surface area contributed by atoms with Crippen LogP contribution in [0, 0.1) is 12.7 Å². The van der Waals surface area contributed by atoms with Crippen LogP contribution in [-0.2, 0) is 0 Å². The lowest BCUT2D eigenvalue weighted by molar-refractivity contribution is 0.0844. The minimum Gasteiger partial charge on any atom is -0.491 e. The summed E-state index contributed by atoms with van der Waals surface area (Å²) in [5.41, 5.74) is 2.24. The lowest BCUT2D eigenvalue weighted by Crippen LogP contribution is -2.35. The molecule has 0 spiro atoms. The Hall–Kier alpha value is -2.86. The molecule has 0 fully saturated rings. The summed E-state index contributed by atoms with van der Waals surface area (Å²) in [7, 11) is 0. The van der Waals surface area contributed by atoms with Gasteiger partial charge in [0.15, 0.2) is 0 Å². The molecule has 25 heavy (non-hydrogen) atoms. The molecule has 5 nitrogen and oxygen atoms in total. The van der Waals surface area contributed by atoms with Gasteiger partial charge in [-0.2, -0.15) is 0 Å². The first-order valence-electron chi connectivity index (χ1n) is 7.96. The number of carbonyl (C=O) groups is 1. The summed E-state index contributed by atoms with van der Waals surface area (Å²) < 4.78 is 18.2. The molecule has 1 atom stereocenters. The number of para-hydroxylation sites is 1. The maximum absolute atomic E-state index is 12.8. The van der Waals surface area contributed by atoms with Crippen molar-refractivity contribution in [3.8, 4) is 5.75 Å². The number of aromatic nitrogens is 1. The van der Waals surface area contributed by atoms with Crippen molar-refractivity contribution in [3.05, 3.63) is 65.6 Å². The van der Waals surface area contributed by atoms with E-state index in [0.717, 1.165) is 16.6 Å². The van der Waals surface area contributed by atoms with Crippen LogP contribution < -0.4 is 10.1 Å². The third kappa shape index (κ3) is 3.97. The Labute approximate surface area is 144 Å². The molecule has 1 amide bonds. The standard InChI is InChI=1S/C19H19FN2O3/c1-12-18(16-4-2-3-5-17(16)22-12)19(24)21-10-14(23)11-25-15-8-6-13(20)7-9-15/h2-9,14,22-23H,10-11H2,1H3,(H,21,24). The van der Waals surface area contributed by atoms with Gasteiger partial charge in [0.25, 0.3) is 5.91 Å². The van der Waals surface area contributed by atoms with Gasteiger partial charge in [-0.3, -0.25) is 4.79 Å². The first kappa shape index (κ1) is 17.0. The van der Waals surface area contributed by atoms with E-state index in [1.807, 2.05) is 31.2 Å². The van der Waals surface area contributed by atoms with E-state index in [9.17, 15) is 14.3 Å². The number of nitrogens with one attached hydrogen (secondary N) is 2. The maximum Gasteiger partial charge on any atom is 0.253 e. The molecule has 0 radical (unpaired) electrons. The number of hydrogen-bond donors (Lipinski definition) is 3. The number of aliphatic hydroxyl groups excluding tert-OH is 1. The fourth-order valence-corrected chi connectivity index (χ4v) is 2.65. The number of amides is 1. The van der Waals surface area contributed by atoms with Crippen molar-refractivity contribution in [2.45, 2.75) is 13.0 Å². The number of aryl methyl sites for hydroxylation is 1. The van der Waals surface area contributed by atoms with Gasteiger partial charge in [0.05, 0.1) is 5.56 Å². The van der Waals surface area contributed by atoms with Gasteiger partial charge in [-0.15, -0.1) is 0 Å². The third-order valence-electron chi connectivity index (χ3n) is 3.87. The molecule has 0 saturated heterocycles. The number of carbonyl (C=O) groups excluding carboxylic acids is 1. The highest BCUT2D eigenvalue weighted by atomic mass is 19.1. The molecular formula is C19H19FN2O3. The van der Waals surface area contributed by atoms with Crippen LogP contribution in [-0.4, -0.2) is 35.3 Å². The fourth-order valence-electron chi connectivity index (χ4n) is 2.65. The van der Waals surface area contributed by atoms with E-state index < -0.39 is 6.10 Å². The summed E-state index contributed by atoms with van der Waals surface area (Å²) in [6, 6.07) is 13.1. The van der Waals surface area contributed by atoms with Crippen molar-refractivity contribution in [2.24, 2.45) is 0 Å². The third-order valence-corrected chi connectivity index (χ3v) is 3.87. The number of H-pyrrole nitrogens is 1. The van der Waals surface area contributed by atoms with Gasteiger partial charge in [0.2, 0.25) is 0 Å². The molecule has 6 heteroatoms. The largest absolute Gasteiger partial charge is 0.491 e. The molecule has 0 aliphatic carbocycles. The maximum atomic E-state index is 12.8. The van der Waals surface area contributed by atoms with Gasteiger partial charge in [-0.05, 0) is 37.3 Å². The predicted octanol–water partition coefficient (Wildman–Crippen LogP) is 2.79. The van der Waals surface area contributed by atoms with Crippen LogP contribution in [0.25, 0.3) is 10.9 Å². The van der Waals surface area contributed by atoms with E-state index in [1.165, 1.54) is 24.3 Å². The van der Waals surface area contributed by atoms with E-state index in [4.69, 9.17) is 4.74 Å². The van der Waals surface area contributed by atoms with Gasteiger partial charge < -0.3 is 20.1 Å². The molecule has 0 saturated carbocycles. The Kier molecular flexibility index (Phi) is 5.00. The van der Waals surface area contributed by atoms with Gasteiger partial charge in [-0.25, -0.2) is 4.39 Å². The van der Waals surface area contributed by atoms with Crippen molar-refractivity contribution in [3.63, 3.8) is 0 Å². The molecule has 0 aliphatic heterocycles. The van der Waals surface area contributed by atoms with Gasteiger partial charge in [0.1, 0.15) is 24.3 Å². The van der Waals surface area contributed by atoms with Crippen LogP contribution in [0.5, 0.6) is 5.75 Å². The molecular weight excluding hydrogens is 323 g/mol. The molecule has 1 heterocycles. The van der Waals surface area contributed by atoms with Crippen molar-refractivity contribution in [2.75, 3.05) is 13.2 Å². The van der Waals surface area contributed by atoms with Crippen LogP contribution in [0.4, 0.5) is 4.39 Å². The highest BCUT2D eigenvalue weighted by Crippen LogP contribution is 2.21. The topological polar surface area (TPSA) is 74.4 Å². The number of rotatable bonds is 6. The Morgan fingerprint density at radius 3 is 2.72 bits per heavy atom. The summed E-state index contributed by atoms with van der Waals surface area (Å²) in [5, 5.41) is 13.5. The number of aromatic amines is 1. The monoisotopic (exact) mass is 342 g/mol. The molecule has 2 aromatic carbocycles. The number of ether oxygens (including phenoxy) is 1. The summed E-state index contributed by atoms with van der Waals surface area (Å²) in [6.45, 7) is 1.89. The Morgan fingerprint density at radius 2 is 1.96 bits per heavy atom. The summed E-state index contributed by atoms with van der Waals surface area (Å²) in [4.78, 5) is 15.6. The number of fused-ring (bicyclic) bond motifs is 1. The second-order valence-corrected chi connectivity index (χ2v) is 5.80. The normalized spacial score (nSPS) is 12.1. The quantitative estimate of drug-likeness (QED) is 0.645. The average Bonchev–Trinajstić information content (AvgIpc) is 2.95. The van der Waals surface area contributed by atoms with Crippen molar-refractivity contribution in [1.29, 1.82) is 0 Å². The predicted molar refractivity (Wildman–Crippen MR) is 93.3 cm³/mol. The van der Waals surface area contributed by atoms with Crippen LogP contribution in [0.2, 0.25) is 0 Å². The SMILES string of the molecule is Cc1[nH]c2ccccc2c1C(=O)NCC(O)COc1ccc(F)cc1. The molecule has 3 aromatic rings. The average molecular weight is 342 g/mol. The highest BCUT2D eigenvalue weighted by Gasteiger charge is 2.16. The Balaban J connectivity index is 1.56. The van der Waals surface area contributed by atoms with Gasteiger partial charge in [0, 0.05) is 23.1 Å². The second kappa shape index (κ2) is 7.36. The van der Waals surface area contributed by atoms with Gasteiger partial charge >= 0.3 is 0 Å². The number of aliphatic hydroxyl groups is 1. The summed E-state index contributed by atoms with van der Waals surface area (Å²) in [6.07, 6.45) is -0.875. The van der Waals surface area contributed by atoms with Crippen LogP contribution in [0.1, 0.15) is 16.1 Å². The number of hydrogen-bond acceptors (Lipinski definition) is 3. The zero-order valence-electron chi connectivity index (χ0n) is 13.8. The van der Waals surface area contributed by atoms with Gasteiger partial charge in [-0.1, -0.05) is 18.2 Å². The Morgan fingerprint density at radius 1 is 1.24 bits per heavy atom. The number of benzene rings is 2. The summed E-state index contributed by atoms with van der Waals surface area (Å²) in [5.74, 6) is -0.149.